The van der Waals surface area contributed by atoms with Crippen LogP contribution in [0.5, 0.6) is 11.5 Å². The third-order valence-corrected chi connectivity index (χ3v) is 5.27. The molecule has 0 amide bonds. The van der Waals surface area contributed by atoms with E-state index in [1.807, 2.05) is 0 Å². The first-order chi connectivity index (χ1) is 12.7. The van der Waals surface area contributed by atoms with Gasteiger partial charge in [-0.2, -0.15) is 4.98 Å². The Morgan fingerprint density at radius 2 is 1.81 bits per heavy atom. The molecule has 3 rings (SSSR count). The van der Waals surface area contributed by atoms with Gasteiger partial charge in [-0.1, -0.05) is 11.6 Å². The summed E-state index contributed by atoms with van der Waals surface area (Å²) in [6, 6.07) is 4.79. The van der Waals surface area contributed by atoms with E-state index in [0.717, 1.165) is 6.26 Å². The minimum Gasteiger partial charge on any atom is -0.497 e. The summed E-state index contributed by atoms with van der Waals surface area (Å²) in [5, 5.41) is 0.389. The number of sulfone groups is 1. The molecule has 0 aliphatic rings. The van der Waals surface area contributed by atoms with Crippen LogP contribution in [-0.2, 0) is 16.9 Å². The lowest BCUT2D eigenvalue weighted by molar-refractivity contribution is 0.395. The summed E-state index contributed by atoms with van der Waals surface area (Å²) in [7, 11) is 0.849. The maximum atomic E-state index is 12.9. The van der Waals surface area contributed by atoms with Crippen molar-refractivity contribution < 1.29 is 17.9 Å². The molecule has 8 nitrogen and oxygen atoms in total. The summed E-state index contributed by atoms with van der Waals surface area (Å²) in [5.74, 6) is 0.828. The monoisotopic (exact) mass is 409 g/mol. The highest BCUT2D eigenvalue weighted by atomic mass is 35.5. The molecular formula is C17H16ClN3O5S. The topological polar surface area (TPSA) is 100 Å². The number of fused-ring (bicyclic) bond motifs is 1. The van der Waals surface area contributed by atoms with Crippen molar-refractivity contribution in [2.75, 3.05) is 20.5 Å². The molecule has 27 heavy (non-hydrogen) atoms. The van der Waals surface area contributed by atoms with Crippen LogP contribution in [0.4, 0.5) is 0 Å². The Balaban J connectivity index is 2.35. The summed E-state index contributed by atoms with van der Waals surface area (Å²) in [6.45, 7) is 0. The number of nitrogens with zero attached hydrogens (tertiary/aromatic N) is 3. The van der Waals surface area contributed by atoms with Gasteiger partial charge in [-0.25, -0.2) is 13.4 Å². The maximum Gasteiger partial charge on any atom is 0.259 e. The molecule has 3 aromatic rings. The molecule has 2 heterocycles. The van der Waals surface area contributed by atoms with E-state index >= 15 is 0 Å². The Kier molecular flexibility index (Phi) is 4.83. The molecule has 0 fully saturated rings. The van der Waals surface area contributed by atoms with Gasteiger partial charge >= 0.3 is 0 Å². The van der Waals surface area contributed by atoms with Gasteiger partial charge in [0.25, 0.3) is 5.56 Å². The smallest absolute Gasteiger partial charge is 0.259 e. The summed E-state index contributed by atoms with van der Waals surface area (Å²) in [4.78, 5) is 20.8. The van der Waals surface area contributed by atoms with Crippen molar-refractivity contribution in [2.45, 2.75) is 5.16 Å². The van der Waals surface area contributed by atoms with Gasteiger partial charge in [-0.05, 0) is 12.1 Å². The predicted octanol–water partition coefficient (Wildman–Crippen LogP) is 2.07. The van der Waals surface area contributed by atoms with Crippen LogP contribution in [0.1, 0.15) is 0 Å². The van der Waals surface area contributed by atoms with Crippen LogP contribution in [0.15, 0.2) is 34.3 Å². The molecule has 0 saturated heterocycles. The Bertz CT molecular complexity index is 1220. The van der Waals surface area contributed by atoms with E-state index in [4.69, 9.17) is 21.1 Å². The van der Waals surface area contributed by atoms with E-state index in [1.165, 1.54) is 32.0 Å². The zero-order valence-electron chi connectivity index (χ0n) is 15.0. The van der Waals surface area contributed by atoms with Crippen molar-refractivity contribution in [1.29, 1.82) is 0 Å². The SMILES string of the molecule is COc1cc(OC)c(Cl)c(-c2cc3cnc(S(C)(=O)=O)nc3n(C)c2=O)c1. The molecule has 0 saturated carbocycles. The van der Waals surface area contributed by atoms with Gasteiger partial charge in [-0.15, -0.1) is 0 Å². The fourth-order valence-electron chi connectivity index (χ4n) is 2.64. The first kappa shape index (κ1) is 19.1. The highest BCUT2D eigenvalue weighted by Gasteiger charge is 2.19. The van der Waals surface area contributed by atoms with Gasteiger partial charge in [0.1, 0.15) is 17.1 Å². The van der Waals surface area contributed by atoms with Crippen LogP contribution >= 0.6 is 11.6 Å². The van der Waals surface area contributed by atoms with Crippen LogP contribution in [0.2, 0.25) is 5.02 Å². The van der Waals surface area contributed by atoms with Crippen molar-refractivity contribution in [1.82, 2.24) is 14.5 Å². The fourth-order valence-corrected chi connectivity index (χ4v) is 3.42. The number of methoxy groups -OCH3 is 2. The van der Waals surface area contributed by atoms with E-state index in [0.29, 0.717) is 22.4 Å². The molecular weight excluding hydrogens is 394 g/mol. The quantitative estimate of drug-likeness (QED) is 0.608. The van der Waals surface area contributed by atoms with Gasteiger partial charge in [0, 0.05) is 42.1 Å². The highest BCUT2D eigenvalue weighted by Crippen LogP contribution is 2.38. The number of pyridine rings is 1. The first-order valence-electron chi connectivity index (χ1n) is 7.66. The number of ether oxygens (including phenoxy) is 2. The maximum absolute atomic E-state index is 12.9. The van der Waals surface area contributed by atoms with Crippen LogP contribution in [0.25, 0.3) is 22.2 Å². The third kappa shape index (κ3) is 3.35. The molecule has 142 valence electrons. The summed E-state index contributed by atoms with van der Waals surface area (Å²) < 4.78 is 35.1. The van der Waals surface area contributed by atoms with Crippen LogP contribution in [-0.4, -0.2) is 43.4 Å². The molecule has 0 radical (unpaired) electrons. The molecule has 1 aromatic carbocycles. The summed E-state index contributed by atoms with van der Waals surface area (Å²) in [6.07, 6.45) is 2.36. The van der Waals surface area contributed by atoms with E-state index < -0.39 is 15.4 Å². The Morgan fingerprint density at radius 1 is 1.11 bits per heavy atom. The second-order valence-electron chi connectivity index (χ2n) is 5.82. The van der Waals surface area contributed by atoms with Crippen LogP contribution in [0, 0.1) is 0 Å². The molecule has 10 heteroatoms. The number of halogens is 1. The number of benzene rings is 1. The first-order valence-corrected chi connectivity index (χ1v) is 9.93. The fraction of sp³-hybridized carbons (Fsp3) is 0.235. The average molecular weight is 410 g/mol. The molecule has 2 aromatic heterocycles. The van der Waals surface area contributed by atoms with E-state index in [9.17, 15) is 13.2 Å². The Hall–Kier alpha value is -2.65. The standard InChI is InChI=1S/C17H16ClN3O5S/c1-21-15-9(8-19-17(20-15)27(4,23)24)5-12(16(21)22)11-6-10(25-2)7-13(26-3)14(11)18/h5-8H,1-4H3. The van der Waals surface area contributed by atoms with Gasteiger partial charge in [0.05, 0.1) is 19.2 Å². The lowest BCUT2D eigenvalue weighted by Crippen LogP contribution is -2.21. The number of hydrogen-bond donors (Lipinski definition) is 0. The van der Waals surface area contributed by atoms with Gasteiger partial charge in [0.15, 0.2) is 0 Å². The summed E-state index contributed by atoms with van der Waals surface area (Å²) >= 11 is 6.39. The van der Waals surface area contributed by atoms with Gasteiger partial charge in [0.2, 0.25) is 15.0 Å². The van der Waals surface area contributed by atoms with Crippen molar-refractivity contribution in [3.63, 3.8) is 0 Å². The summed E-state index contributed by atoms with van der Waals surface area (Å²) in [5.41, 5.74) is 0.494. The van der Waals surface area contributed by atoms with Gasteiger partial charge < -0.3 is 9.47 Å². The van der Waals surface area contributed by atoms with Crippen molar-refractivity contribution >= 4 is 32.5 Å². The van der Waals surface area contributed by atoms with Crippen LogP contribution in [0.3, 0.4) is 0 Å². The van der Waals surface area contributed by atoms with E-state index in [-0.39, 0.29) is 21.4 Å². The zero-order valence-corrected chi connectivity index (χ0v) is 16.6. The normalized spacial score (nSPS) is 11.6. The van der Waals surface area contributed by atoms with Gasteiger partial charge in [-0.3, -0.25) is 9.36 Å². The molecule has 0 aliphatic heterocycles. The molecule has 0 unspecified atom stereocenters. The number of aromatic nitrogens is 3. The minimum absolute atomic E-state index is 0.199. The predicted molar refractivity (Wildman–Crippen MR) is 101 cm³/mol. The minimum atomic E-state index is -3.60. The second kappa shape index (κ2) is 6.82. The van der Waals surface area contributed by atoms with Crippen LogP contribution < -0.4 is 15.0 Å². The largest absolute Gasteiger partial charge is 0.497 e. The number of aryl methyl sites for hydroxylation is 1. The Morgan fingerprint density at radius 3 is 2.41 bits per heavy atom. The number of rotatable bonds is 4. The Labute approximate surface area is 160 Å². The number of hydrogen-bond acceptors (Lipinski definition) is 7. The third-order valence-electron chi connectivity index (χ3n) is 4.02. The molecule has 0 bridgehead atoms. The lowest BCUT2D eigenvalue weighted by Gasteiger charge is -2.13. The molecule has 0 spiro atoms. The van der Waals surface area contributed by atoms with Crippen molar-refractivity contribution in [3.8, 4) is 22.6 Å². The zero-order chi connectivity index (χ0) is 19.9. The van der Waals surface area contributed by atoms with Crippen molar-refractivity contribution in [3.05, 3.63) is 39.8 Å². The average Bonchev–Trinajstić information content (AvgIpc) is 2.64. The van der Waals surface area contributed by atoms with Crippen molar-refractivity contribution in [2.24, 2.45) is 7.05 Å². The molecule has 0 atom stereocenters. The lowest BCUT2D eigenvalue weighted by atomic mass is 10.0. The molecule has 0 N–H and O–H groups in total. The van der Waals surface area contributed by atoms with E-state index in [2.05, 4.69) is 9.97 Å². The molecule has 0 aliphatic carbocycles. The highest BCUT2D eigenvalue weighted by molar-refractivity contribution is 7.90. The van der Waals surface area contributed by atoms with E-state index in [1.54, 1.807) is 18.2 Å². The second-order valence-corrected chi connectivity index (χ2v) is 8.10.